The standard InChI is InChI=1S/C18H27N/c1-14-5-4-8-16(11-14)17-12-18(13-17)19-10-9-15-6-2-3-7-15/h4-5,8,11,15,17-19H,2-3,6-7,9-10,12-13H2,1H3. The van der Waals surface area contributed by atoms with Crippen LogP contribution in [0.15, 0.2) is 24.3 Å². The van der Waals surface area contributed by atoms with E-state index in [0.717, 1.165) is 17.9 Å². The highest BCUT2D eigenvalue weighted by molar-refractivity contribution is 5.27. The van der Waals surface area contributed by atoms with Crippen molar-refractivity contribution in [3.8, 4) is 0 Å². The van der Waals surface area contributed by atoms with E-state index in [1.54, 1.807) is 5.56 Å². The molecule has 1 nitrogen and oxygen atoms in total. The van der Waals surface area contributed by atoms with E-state index in [2.05, 4.69) is 36.5 Å². The smallest absolute Gasteiger partial charge is 0.00787 e. The molecule has 2 aliphatic carbocycles. The number of hydrogen-bond acceptors (Lipinski definition) is 1. The van der Waals surface area contributed by atoms with Crippen molar-refractivity contribution in [2.75, 3.05) is 6.54 Å². The molecular weight excluding hydrogens is 230 g/mol. The highest BCUT2D eigenvalue weighted by atomic mass is 14.9. The van der Waals surface area contributed by atoms with Crippen LogP contribution in [0.25, 0.3) is 0 Å². The van der Waals surface area contributed by atoms with Crippen LogP contribution in [0.4, 0.5) is 0 Å². The van der Waals surface area contributed by atoms with Gasteiger partial charge in [-0.15, -0.1) is 0 Å². The van der Waals surface area contributed by atoms with Crippen molar-refractivity contribution in [2.24, 2.45) is 5.92 Å². The van der Waals surface area contributed by atoms with E-state index in [1.807, 2.05) is 0 Å². The molecule has 2 fully saturated rings. The molecule has 0 spiro atoms. The van der Waals surface area contributed by atoms with Gasteiger partial charge >= 0.3 is 0 Å². The fraction of sp³-hybridized carbons (Fsp3) is 0.667. The Bertz CT molecular complexity index is 400. The SMILES string of the molecule is Cc1cccc(C2CC(NCCC3CCCC3)C2)c1. The van der Waals surface area contributed by atoms with Gasteiger partial charge in [0, 0.05) is 6.04 Å². The zero-order valence-corrected chi connectivity index (χ0v) is 12.2. The van der Waals surface area contributed by atoms with Gasteiger partial charge in [-0.2, -0.15) is 0 Å². The Hall–Kier alpha value is -0.820. The van der Waals surface area contributed by atoms with Crippen LogP contribution in [0.3, 0.4) is 0 Å². The molecule has 19 heavy (non-hydrogen) atoms. The molecular formula is C18H27N. The van der Waals surface area contributed by atoms with Gasteiger partial charge in [0.2, 0.25) is 0 Å². The molecule has 0 unspecified atom stereocenters. The summed E-state index contributed by atoms with van der Waals surface area (Å²) >= 11 is 0. The van der Waals surface area contributed by atoms with Gasteiger partial charge in [0.25, 0.3) is 0 Å². The van der Waals surface area contributed by atoms with E-state index in [9.17, 15) is 0 Å². The first-order valence-corrected chi connectivity index (χ1v) is 8.11. The van der Waals surface area contributed by atoms with Gasteiger partial charge in [-0.3, -0.25) is 0 Å². The third kappa shape index (κ3) is 3.39. The molecule has 3 rings (SSSR count). The molecule has 0 bridgehead atoms. The first-order valence-electron chi connectivity index (χ1n) is 8.11. The highest BCUT2D eigenvalue weighted by Gasteiger charge is 2.29. The maximum absolute atomic E-state index is 3.76. The lowest BCUT2D eigenvalue weighted by atomic mass is 9.75. The fourth-order valence-corrected chi connectivity index (χ4v) is 3.77. The minimum atomic E-state index is 0.784. The maximum Gasteiger partial charge on any atom is 0.00787 e. The summed E-state index contributed by atoms with van der Waals surface area (Å²) in [5.41, 5.74) is 2.95. The van der Waals surface area contributed by atoms with Crippen molar-refractivity contribution < 1.29 is 0 Å². The zero-order chi connectivity index (χ0) is 13.1. The van der Waals surface area contributed by atoms with Crippen LogP contribution in [-0.2, 0) is 0 Å². The normalized spacial score (nSPS) is 27.4. The summed E-state index contributed by atoms with van der Waals surface area (Å²) < 4.78 is 0. The average Bonchev–Trinajstić information content (AvgIpc) is 2.85. The van der Waals surface area contributed by atoms with Crippen molar-refractivity contribution >= 4 is 0 Å². The summed E-state index contributed by atoms with van der Waals surface area (Å²) in [5.74, 6) is 1.84. The van der Waals surface area contributed by atoms with E-state index < -0.39 is 0 Å². The Morgan fingerprint density at radius 3 is 2.68 bits per heavy atom. The van der Waals surface area contributed by atoms with Gasteiger partial charge in [-0.05, 0) is 50.1 Å². The Morgan fingerprint density at radius 1 is 1.16 bits per heavy atom. The van der Waals surface area contributed by atoms with Gasteiger partial charge in [0.15, 0.2) is 0 Å². The lowest BCUT2D eigenvalue weighted by Gasteiger charge is -2.36. The third-order valence-electron chi connectivity index (χ3n) is 5.11. The van der Waals surface area contributed by atoms with Crippen molar-refractivity contribution in [2.45, 2.75) is 63.8 Å². The van der Waals surface area contributed by atoms with E-state index >= 15 is 0 Å². The van der Waals surface area contributed by atoms with E-state index in [4.69, 9.17) is 0 Å². The second-order valence-electron chi connectivity index (χ2n) is 6.67. The second kappa shape index (κ2) is 6.09. The van der Waals surface area contributed by atoms with Crippen molar-refractivity contribution in [3.63, 3.8) is 0 Å². The lowest BCUT2D eigenvalue weighted by Crippen LogP contribution is -2.40. The first-order chi connectivity index (χ1) is 9.31. The summed E-state index contributed by atoms with van der Waals surface area (Å²) in [5, 5.41) is 3.76. The van der Waals surface area contributed by atoms with Gasteiger partial charge in [0.05, 0.1) is 0 Å². The van der Waals surface area contributed by atoms with Gasteiger partial charge in [-0.1, -0.05) is 55.5 Å². The van der Waals surface area contributed by atoms with Crippen LogP contribution in [0, 0.1) is 12.8 Å². The monoisotopic (exact) mass is 257 g/mol. The van der Waals surface area contributed by atoms with Crippen LogP contribution in [-0.4, -0.2) is 12.6 Å². The predicted molar refractivity (Wildman–Crippen MR) is 81.5 cm³/mol. The number of benzene rings is 1. The van der Waals surface area contributed by atoms with Gasteiger partial charge in [-0.25, -0.2) is 0 Å². The molecule has 2 aliphatic rings. The molecule has 1 heteroatoms. The molecule has 0 heterocycles. The van der Waals surface area contributed by atoms with Crippen LogP contribution < -0.4 is 5.32 Å². The number of aryl methyl sites for hydroxylation is 1. The Morgan fingerprint density at radius 2 is 1.95 bits per heavy atom. The number of hydrogen-bond donors (Lipinski definition) is 1. The minimum absolute atomic E-state index is 0.784. The second-order valence-corrected chi connectivity index (χ2v) is 6.67. The first kappa shape index (κ1) is 13.2. The molecule has 0 saturated heterocycles. The molecule has 0 radical (unpaired) electrons. The minimum Gasteiger partial charge on any atom is -0.314 e. The Kier molecular flexibility index (Phi) is 4.22. The molecule has 1 aromatic rings. The molecule has 1 aromatic carbocycles. The molecule has 104 valence electrons. The largest absolute Gasteiger partial charge is 0.314 e. The Balaban J connectivity index is 1.36. The number of rotatable bonds is 5. The number of nitrogens with one attached hydrogen (secondary N) is 1. The maximum atomic E-state index is 3.76. The molecule has 0 amide bonds. The molecule has 2 saturated carbocycles. The van der Waals surface area contributed by atoms with Crippen molar-refractivity contribution in [1.82, 2.24) is 5.32 Å². The highest BCUT2D eigenvalue weighted by Crippen LogP contribution is 2.37. The van der Waals surface area contributed by atoms with Crippen LogP contribution in [0.2, 0.25) is 0 Å². The third-order valence-corrected chi connectivity index (χ3v) is 5.11. The fourth-order valence-electron chi connectivity index (χ4n) is 3.77. The van der Waals surface area contributed by atoms with E-state index in [1.165, 1.54) is 57.1 Å². The summed E-state index contributed by atoms with van der Waals surface area (Å²) in [4.78, 5) is 0. The molecule has 0 atom stereocenters. The lowest BCUT2D eigenvalue weighted by molar-refractivity contribution is 0.283. The predicted octanol–water partition coefficient (Wildman–Crippen LogP) is 4.41. The summed E-state index contributed by atoms with van der Waals surface area (Å²) in [6.07, 6.45) is 10.0. The summed E-state index contributed by atoms with van der Waals surface area (Å²) in [6, 6.07) is 9.84. The summed E-state index contributed by atoms with van der Waals surface area (Å²) in [6.45, 7) is 3.44. The summed E-state index contributed by atoms with van der Waals surface area (Å²) in [7, 11) is 0. The molecule has 0 aromatic heterocycles. The zero-order valence-electron chi connectivity index (χ0n) is 12.2. The van der Waals surface area contributed by atoms with E-state index in [0.29, 0.717) is 0 Å². The van der Waals surface area contributed by atoms with Gasteiger partial charge < -0.3 is 5.32 Å². The van der Waals surface area contributed by atoms with Crippen LogP contribution >= 0.6 is 0 Å². The molecule has 0 aliphatic heterocycles. The Labute approximate surface area is 117 Å². The van der Waals surface area contributed by atoms with E-state index in [-0.39, 0.29) is 0 Å². The quantitative estimate of drug-likeness (QED) is 0.824. The van der Waals surface area contributed by atoms with Crippen LogP contribution in [0.1, 0.15) is 62.0 Å². The van der Waals surface area contributed by atoms with Crippen molar-refractivity contribution in [1.29, 1.82) is 0 Å². The van der Waals surface area contributed by atoms with Crippen molar-refractivity contribution in [3.05, 3.63) is 35.4 Å². The van der Waals surface area contributed by atoms with Crippen LogP contribution in [0.5, 0.6) is 0 Å². The van der Waals surface area contributed by atoms with Gasteiger partial charge in [0.1, 0.15) is 0 Å². The average molecular weight is 257 g/mol. The topological polar surface area (TPSA) is 12.0 Å². The molecule has 1 N–H and O–H groups in total.